The second kappa shape index (κ2) is 10.6. The van der Waals surface area contributed by atoms with Crippen LogP contribution in [0.2, 0.25) is 0 Å². The highest BCUT2D eigenvalue weighted by atomic mass is 15.2. The van der Waals surface area contributed by atoms with Gasteiger partial charge in [-0.2, -0.15) is 0 Å². The molecule has 32 heavy (non-hydrogen) atoms. The van der Waals surface area contributed by atoms with Gasteiger partial charge in [-0.05, 0) is 39.5 Å². The van der Waals surface area contributed by atoms with Crippen LogP contribution in [0.15, 0.2) is 6.07 Å². The molecule has 1 saturated carbocycles. The summed E-state index contributed by atoms with van der Waals surface area (Å²) in [7, 11) is 4.07. The molecule has 174 valence electrons. The number of aromatic nitrogens is 4. The van der Waals surface area contributed by atoms with E-state index in [1.807, 2.05) is 14.1 Å². The lowest BCUT2D eigenvalue weighted by Crippen LogP contribution is -2.31. The molecule has 1 N–H and O–H groups in total. The van der Waals surface area contributed by atoms with Gasteiger partial charge in [-0.1, -0.05) is 19.3 Å². The fourth-order valence-electron chi connectivity index (χ4n) is 4.84. The molecule has 0 radical (unpaired) electrons. The zero-order valence-electron chi connectivity index (χ0n) is 20.3. The van der Waals surface area contributed by atoms with Crippen molar-refractivity contribution in [3.8, 4) is 0 Å². The van der Waals surface area contributed by atoms with Crippen molar-refractivity contribution in [2.24, 2.45) is 0 Å². The molecule has 0 spiro atoms. The Balaban J connectivity index is 1.49. The Morgan fingerprint density at radius 3 is 2.28 bits per heavy atom. The summed E-state index contributed by atoms with van der Waals surface area (Å²) in [6.45, 7) is 7.17. The van der Waals surface area contributed by atoms with Gasteiger partial charge >= 0.3 is 0 Å². The summed E-state index contributed by atoms with van der Waals surface area (Å²) in [4.78, 5) is 23.9. The zero-order chi connectivity index (χ0) is 22.5. The maximum absolute atomic E-state index is 4.94. The summed E-state index contributed by atoms with van der Waals surface area (Å²) in [6, 6.07) is 2.83. The van der Waals surface area contributed by atoms with Crippen LogP contribution in [0.3, 0.4) is 0 Å². The van der Waals surface area contributed by atoms with Gasteiger partial charge in [-0.15, -0.1) is 0 Å². The maximum Gasteiger partial charge on any atom is 0.134 e. The van der Waals surface area contributed by atoms with Crippen LogP contribution < -0.4 is 15.1 Å². The van der Waals surface area contributed by atoms with E-state index >= 15 is 0 Å². The predicted octanol–water partition coefficient (Wildman–Crippen LogP) is 3.76. The van der Waals surface area contributed by atoms with Crippen LogP contribution in [-0.4, -0.2) is 53.2 Å². The van der Waals surface area contributed by atoms with Gasteiger partial charge in [0.15, 0.2) is 0 Å². The molecule has 0 bridgehead atoms. The minimum absolute atomic E-state index is 0.630. The monoisotopic (exact) mass is 437 g/mol. The predicted molar refractivity (Wildman–Crippen MR) is 130 cm³/mol. The van der Waals surface area contributed by atoms with Gasteiger partial charge < -0.3 is 15.1 Å². The van der Waals surface area contributed by atoms with Crippen molar-refractivity contribution in [3.05, 3.63) is 34.7 Å². The van der Waals surface area contributed by atoms with E-state index in [-0.39, 0.29) is 0 Å². The van der Waals surface area contributed by atoms with Gasteiger partial charge in [-0.25, -0.2) is 19.9 Å². The Morgan fingerprint density at radius 2 is 1.59 bits per heavy atom. The van der Waals surface area contributed by atoms with Crippen LogP contribution in [0.4, 0.5) is 11.6 Å². The molecule has 2 fully saturated rings. The maximum atomic E-state index is 4.94. The van der Waals surface area contributed by atoms with E-state index in [0.717, 1.165) is 72.7 Å². The third kappa shape index (κ3) is 5.74. The van der Waals surface area contributed by atoms with Crippen molar-refractivity contribution in [2.75, 3.05) is 37.0 Å². The second-order valence-electron chi connectivity index (χ2n) is 9.61. The molecule has 2 aromatic heterocycles. The summed E-state index contributed by atoms with van der Waals surface area (Å²) < 4.78 is 0. The number of nitrogens with one attached hydrogen (secondary N) is 1. The average molecular weight is 438 g/mol. The van der Waals surface area contributed by atoms with Crippen LogP contribution in [0.25, 0.3) is 0 Å². The normalized spacial score (nSPS) is 17.2. The van der Waals surface area contributed by atoms with Crippen molar-refractivity contribution in [1.29, 1.82) is 0 Å². The molecule has 7 heteroatoms. The molecule has 1 saturated heterocycles. The first kappa shape index (κ1) is 22.9. The molecular weight excluding hydrogens is 398 g/mol. The Bertz CT molecular complexity index is 899. The Labute approximate surface area is 193 Å². The third-order valence-electron chi connectivity index (χ3n) is 6.82. The molecule has 0 unspecified atom stereocenters. The van der Waals surface area contributed by atoms with Gasteiger partial charge in [0.1, 0.15) is 23.3 Å². The van der Waals surface area contributed by atoms with E-state index in [1.54, 1.807) is 0 Å². The van der Waals surface area contributed by atoms with Gasteiger partial charge in [-0.3, -0.25) is 0 Å². The molecule has 1 aliphatic heterocycles. The average Bonchev–Trinajstić information content (AvgIpc) is 3.34. The lowest BCUT2D eigenvalue weighted by atomic mass is 9.95. The first-order valence-electron chi connectivity index (χ1n) is 12.4. The number of nitrogens with zero attached hydrogens (tertiary/aromatic N) is 6. The van der Waals surface area contributed by atoms with Crippen LogP contribution >= 0.6 is 0 Å². The van der Waals surface area contributed by atoms with E-state index in [4.69, 9.17) is 19.9 Å². The summed E-state index contributed by atoms with van der Waals surface area (Å²) in [5, 5.41) is 3.75. The van der Waals surface area contributed by atoms with E-state index in [0.29, 0.717) is 6.04 Å². The van der Waals surface area contributed by atoms with E-state index in [1.165, 1.54) is 44.9 Å². The second-order valence-corrected chi connectivity index (χ2v) is 9.61. The number of aryl methyl sites for hydroxylation is 3. The fourth-order valence-corrected chi connectivity index (χ4v) is 4.84. The SMILES string of the molecule is Cc1nc(CCc2nc(CNC3CCCCC3)cc(N3CCCC3)n2)nc(N(C)C)c1C. The summed E-state index contributed by atoms with van der Waals surface area (Å²) in [5.41, 5.74) is 3.29. The molecule has 1 aliphatic carbocycles. The summed E-state index contributed by atoms with van der Waals surface area (Å²) in [5.74, 6) is 3.86. The van der Waals surface area contributed by atoms with Crippen LogP contribution in [0, 0.1) is 13.8 Å². The van der Waals surface area contributed by atoms with Gasteiger partial charge in [0, 0.05) is 69.9 Å². The number of rotatable bonds is 8. The summed E-state index contributed by atoms with van der Waals surface area (Å²) in [6.07, 6.45) is 10.6. The standard InChI is InChI=1S/C25H39N7/c1-18-19(2)27-22(30-25(18)31(3)4)12-13-23-28-21(17-26-20-10-6-5-7-11-20)16-24(29-23)32-14-8-9-15-32/h16,20,26H,5-15,17H2,1-4H3. The molecule has 2 aromatic rings. The third-order valence-corrected chi connectivity index (χ3v) is 6.82. The van der Waals surface area contributed by atoms with Crippen molar-refractivity contribution < 1.29 is 0 Å². The van der Waals surface area contributed by atoms with Crippen molar-refractivity contribution in [1.82, 2.24) is 25.3 Å². The summed E-state index contributed by atoms with van der Waals surface area (Å²) >= 11 is 0. The number of hydrogen-bond acceptors (Lipinski definition) is 7. The van der Waals surface area contributed by atoms with Gasteiger partial charge in [0.25, 0.3) is 0 Å². The molecular formula is C25H39N7. The number of anilines is 2. The smallest absolute Gasteiger partial charge is 0.134 e. The van der Waals surface area contributed by atoms with E-state index < -0.39 is 0 Å². The quantitative estimate of drug-likeness (QED) is 0.674. The first-order valence-corrected chi connectivity index (χ1v) is 12.4. The first-order chi connectivity index (χ1) is 15.5. The largest absolute Gasteiger partial charge is 0.362 e. The van der Waals surface area contributed by atoms with E-state index in [2.05, 4.69) is 35.0 Å². The van der Waals surface area contributed by atoms with Crippen LogP contribution in [0.5, 0.6) is 0 Å². The lowest BCUT2D eigenvalue weighted by molar-refractivity contribution is 0.370. The van der Waals surface area contributed by atoms with Crippen LogP contribution in [-0.2, 0) is 19.4 Å². The molecule has 4 rings (SSSR count). The van der Waals surface area contributed by atoms with Crippen molar-refractivity contribution in [2.45, 2.75) is 84.2 Å². The van der Waals surface area contributed by atoms with Crippen LogP contribution in [0.1, 0.15) is 73.5 Å². The van der Waals surface area contributed by atoms with Gasteiger partial charge in [0.2, 0.25) is 0 Å². The molecule has 0 aromatic carbocycles. The highest BCUT2D eigenvalue weighted by Crippen LogP contribution is 2.22. The minimum atomic E-state index is 0.630. The molecule has 0 atom stereocenters. The fraction of sp³-hybridized carbons (Fsp3) is 0.680. The Kier molecular flexibility index (Phi) is 7.55. The van der Waals surface area contributed by atoms with Gasteiger partial charge in [0.05, 0.1) is 5.69 Å². The van der Waals surface area contributed by atoms with Crippen molar-refractivity contribution >= 4 is 11.6 Å². The van der Waals surface area contributed by atoms with Crippen molar-refractivity contribution in [3.63, 3.8) is 0 Å². The minimum Gasteiger partial charge on any atom is -0.362 e. The Hall–Kier alpha value is -2.28. The lowest BCUT2D eigenvalue weighted by Gasteiger charge is -2.23. The molecule has 2 aliphatic rings. The highest BCUT2D eigenvalue weighted by Gasteiger charge is 2.18. The molecule has 7 nitrogen and oxygen atoms in total. The topological polar surface area (TPSA) is 70.1 Å². The number of hydrogen-bond donors (Lipinski definition) is 1. The Morgan fingerprint density at radius 1 is 0.906 bits per heavy atom. The van der Waals surface area contributed by atoms with E-state index in [9.17, 15) is 0 Å². The zero-order valence-corrected chi connectivity index (χ0v) is 20.3. The molecule has 3 heterocycles. The highest BCUT2D eigenvalue weighted by molar-refractivity contribution is 5.47. The molecule has 0 amide bonds.